The summed E-state index contributed by atoms with van der Waals surface area (Å²) >= 11 is 2.83. The van der Waals surface area contributed by atoms with Crippen LogP contribution >= 0.6 is 23.1 Å². The van der Waals surface area contributed by atoms with Crippen LogP contribution in [0, 0.1) is 13.8 Å². The van der Waals surface area contributed by atoms with Gasteiger partial charge in [-0.15, -0.1) is 10.2 Å². The third kappa shape index (κ3) is 5.30. The number of anilines is 3. The molecule has 7 heteroatoms. The number of thioether (sulfide) groups is 1. The second-order valence-corrected chi connectivity index (χ2v) is 8.35. The smallest absolute Gasteiger partial charge is 0.234 e. The number of aryl methyl sites for hydroxylation is 3. The van der Waals surface area contributed by atoms with E-state index in [-0.39, 0.29) is 5.91 Å². The van der Waals surface area contributed by atoms with Gasteiger partial charge in [0.25, 0.3) is 0 Å². The van der Waals surface area contributed by atoms with E-state index >= 15 is 0 Å². The van der Waals surface area contributed by atoms with Crippen molar-refractivity contribution in [3.05, 3.63) is 59.2 Å². The van der Waals surface area contributed by atoms with E-state index in [1.165, 1.54) is 28.7 Å². The fourth-order valence-electron chi connectivity index (χ4n) is 2.58. The van der Waals surface area contributed by atoms with Crippen LogP contribution in [0.2, 0.25) is 0 Å². The van der Waals surface area contributed by atoms with Crippen LogP contribution in [0.5, 0.6) is 0 Å². The van der Waals surface area contributed by atoms with Crippen molar-refractivity contribution in [1.82, 2.24) is 10.2 Å². The Morgan fingerprint density at radius 2 is 1.78 bits per heavy atom. The molecular formula is C20H22N4OS2. The minimum atomic E-state index is -0.0442. The van der Waals surface area contributed by atoms with E-state index in [1.807, 2.05) is 44.2 Å². The number of amides is 1. The Bertz CT molecular complexity index is 902. The zero-order valence-electron chi connectivity index (χ0n) is 15.6. The number of rotatable bonds is 7. The van der Waals surface area contributed by atoms with Crippen LogP contribution < -0.4 is 10.6 Å². The van der Waals surface area contributed by atoms with Gasteiger partial charge < -0.3 is 10.6 Å². The summed E-state index contributed by atoms with van der Waals surface area (Å²) in [5, 5.41) is 15.3. The second kappa shape index (κ2) is 9.01. The van der Waals surface area contributed by atoms with Crippen molar-refractivity contribution in [3.8, 4) is 0 Å². The van der Waals surface area contributed by atoms with Crippen LogP contribution in [0.1, 0.15) is 23.6 Å². The lowest BCUT2D eigenvalue weighted by molar-refractivity contribution is -0.113. The van der Waals surface area contributed by atoms with Gasteiger partial charge in [0.15, 0.2) is 4.34 Å². The summed E-state index contributed by atoms with van der Waals surface area (Å²) < 4.78 is 0.763. The van der Waals surface area contributed by atoms with Gasteiger partial charge in [0.1, 0.15) is 0 Å². The van der Waals surface area contributed by atoms with E-state index < -0.39 is 0 Å². The molecule has 0 aliphatic rings. The maximum Gasteiger partial charge on any atom is 0.234 e. The van der Waals surface area contributed by atoms with Crippen molar-refractivity contribution in [2.75, 3.05) is 16.4 Å². The minimum absolute atomic E-state index is 0.0442. The highest BCUT2D eigenvalue weighted by Crippen LogP contribution is 2.28. The third-order valence-electron chi connectivity index (χ3n) is 4.09. The van der Waals surface area contributed by atoms with Gasteiger partial charge in [0, 0.05) is 11.4 Å². The van der Waals surface area contributed by atoms with Gasteiger partial charge in [0.2, 0.25) is 11.0 Å². The molecule has 0 aliphatic heterocycles. The highest BCUT2D eigenvalue weighted by molar-refractivity contribution is 8.01. The Labute approximate surface area is 167 Å². The summed E-state index contributed by atoms with van der Waals surface area (Å²) in [4.78, 5) is 12.3. The largest absolute Gasteiger partial charge is 0.330 e. The zero-order valence-corrected chi connectivity index (χ0v) is 17.2. The average molecular weight is 399 g/mol. The Hall–Kier alpha value is -2.38. The molecule has 0 spiro atoms. The van der Waals surface area contributed by atoms with E-state index in [0.29, 0.717) is 5.75 Å². The first-order chi connectivity index (χ1) is 13.0. The molecule has 0 bridgehead atoms. The Kier molecular flexibility index (Phi) is 6.47. The molecule has 0 atom stereocenters. The first-order valence-corrected chi connectivity index (χ1v) is 10.5. The fraction of sp³-hybridized carbons (Fsp3) is 0.250. The highest BCUT2D eigenvalue weighted by atomic mass is 32.2. The molecule has 0 fully saturated rings. The molecule has 1 heterocycles. The number of hydrogen-bond acceptors (Lipinski definition) is 6. The van der Waals surface area contributed by atoms with Gasteiger partial charge in [-0.05, 0) is 49.1 Å². The molecule has 0 aliphatic carbocycles. The van der Waals surface area contributed by atoms with Crippen LogP contribution in [0.4, 0.5) is 16.5 Å². The molecule has 0 saturated heterocycles. The standard InChI is InChI=1S/C20H22N4OS2/c1-4-15-8-10-16(11-9-15)21-19-23-24-20(27-19)26-12-17(25)22-18-13(2)6-5-7-14(18)3/h5-11H,4,12H2,1-3H3,(H,21,23)(H,22,25). The lowest BCUT2D eigenvalue weighted by atomic mass is 10.1. The monoisotopic (exact) mass is 398 g/mol. The summed E-state index contributed by atoms with van der Waals surface area (Å²) in [5.41, 5.74) is 5.28. The van der Waals surface area contributed by atoms with Crippen molar-refractivity contribution in [2.24, 2.45) is 0 Å². The number of carbonyl (C=O) groups excluding carboxylic acids is 1. The number of nitrogens with one attached hydrogen (secondary N) is 2. The molecule has 5 nitrogen and oxygen atoms in total. The van der Waals surface area contributed by atoms with Crippen LogP contribution in [0.25, 0.3) is 0 Å². The first-order valence-electron chi connectivity index (χ1n) is 8.73. The molecule has 27 heavy (non-hydrogen) atoms. The SMILES string of the molecule is CCc1ccc(Nc2nnc(SCC(=O)Nc3c(C)cccc3C)s2)cc1. The molecule has 0 radical (unpaired) electrons. The number of aromatic nitrogens is 2. The second-order valence-electron chi connectivity index (χ2n) is 6.15. The Balaban J connectivity index is 1.53. The summed E-state index contributed by atoms with van der Waals surface area (Å²) in [5.74, 6) is 0.255. The highest BCUT2D eigenvalue weighted by Gasteiger charge is 2.11. The van der Waals surface area contributed by atoms with E-state index in [9.17, 15) is 4.79 Å². The molecule has 2 N–H and O–H groups in total. The molecule has 0 unspecified atom stereocenters. The van der Waals surface area contributed by atoms with Crippen molar-refractivity contribution >= 4 is 45.5 Å². The third-order valence-corrected chi connectivity index (χ3v) is 6.06. The number of para-hydroxylation sites is 1. The normalized spacial score (nSPS) is 10.6. The summed E-state index contributed by atoms with van der Waals surface area (Å²) in [7, 11) is 0. The maximum atomic E-state index is 12.3. The molecule has 3 rings (SSSR count). The van der Waals surface area contributed by atoms with Crippen LogP contribution in [0.15, 0.2) is 46.8 Å². The number of benzene rings is 2. The number of nitrogens with zero attached hydrogens (tertiary/aromatic N) is 2. The van der Waals surface area contributed by atoms with Crippen molar-refractivity contribution in [2.45, 2.75) is 31.5 Å². The lowest BCUT2D eigenvalue weighted by Crippen LogP contribution is -2.15. The van der Waals surface area contributed by atoms with Gasteiger partial charge >= 0.3 is 0 Å². The van der Waals surface area contributed by atoms with Crippen molar-refractivity contribution in [1.29, 1.82) is 0 Å². The fourth-order valence-corrected chi connectivity index (χ4v) is 4.15. The average Bonchev–Trinajstić information content (AvgIpc) is 3.11. The Morgan fingerprint density at radius 3 is 2.44 bits per heavy atom. The van der Waals surface area contributed by atoms with Gasteiger partial charge in [-0.2, -0.15) is 0 Å². The molecule has 1 amide bonds. The first kappa shape index (κ1) is 19.4. The molecule has 1 aromatic heterocycles. The van der Waals surface area contributed by atoms with Gasteiger partial charge in [0.05, 0.1) is 5.75 Å². The topological polar surface area (TPSA) is 66.9 Å². The van der Waals surface area contributed by atoms with Crippen LogP contribution in [-0.2, 0) is 11.2 Å². The van der Waals surface area contributed by atoms with Gasteiger partial charge in [-0.1, -0.05) is 60.4 Å². The predicted octanol–water partition coefficient (Wildman–Crippen LogP) is 5.19. The molecular weight excluding hydrogens is 376 g/mol. The molecule has 140 valence electrons. The van der Waals surface area contributed by atoms with Gasteiger partial charge in [-0.3, -0.25) is 4.79 Å². The predicted molar refractivity (Wildman–Crippen MR) is 114 cm³/mol. The van der Waals surface area contributed by atoms with Crippen LogP contribution in [-0.4, -0.2) is 21.9 Å². The van der Waals surface area contributed by atoms with Crippen LogP contribution in [0.3, 0.4) is 0 Å². The summed E-state index contributed by atoms with van der Waals surface area (Å²) in [6.45, 7) is 6.12. The van der Waals surface area contributed by atoms with E-state index in [0.717, 1.165) is 38.4 Å². The number of carbonyl (C=O) groups is 1. The molecule has 3 aromatic rings. The maximum absolute atomic E-state index is 12.3. The lowest BCUT2D eigenvalue weighted by Gasteiger charge is -2.10. The number of hydrogen-bond donors (Lipinski definition) is 2. The van der Waals surface area contributed by atoms with E-state index in [2.05, 4.69) is 39.9 Å². The Morgan fingerprint density at radius 1 is 1.07 bits per heavy atom. The zero-order chi connectivity index (χ0) is 19.2. The minimum Gasteiger partial charge on any atom is -0.330 e. The van der Waals surface area contributed by atoms with E-state index in [4.69, 9.17) is 0 Å². The summed E-state index contributed by atoms with van der Waals surface area (Å²) in [6, 6.07) is 14.2. The van der Waals surface area contributed by atoms with Crippen molar-refractivity contribution < 1.29 is 4.79 Å². The van der Waals surface area contributed by atoms with E-state index in [1.54, 1.807) is 0 Å². The van der Waals surface area contributed by atoms with Crippen molar-refractivity contribution in [3.63, 3.8) is 0 Å². The summed E-state index contributed by atoms with van der Waals surface area (Å²) in [6.07, 6.45) is 1.02. The quantitative estimate of drug-likeness (QED) is 0.536. The van der Waals surface area contributed by atoms with Gasteiger partial charge in [-0.25, -0.2) is 0 Å². The molecule has 2 aromatic carbocycles. The molecule has 0 saturated carbocycles.